The van der Waals surface area contributed by atoms with E-state index in [0.717, 1.165) is 28.4 Å². The van der Waals surface area contributed by atoms with Crippen molar-refractivity contribution in [1.82, 2.24) is 10.3 Å². The van der Waals surface area contributed by atoms with Crippen LogP contribution in [0.4, 0.5) is 0 Å². The van der Waals surface area contributed by atoms with Gasteiger partial charge < -0.3 is 5.32 Å². The molecule has 1 amide bonds. The molecule has 5 heteroatoms. The van der Waals surface area contributed by atoms with E-state index >= 15 is 0 Å². The van der Waals surface area contributed by atoms with Crippen LogP contribution in [0.2, 0.25) is 0 Å². The molecule has 0 fully saturated rings. The van der Waals surface area contributed by atoms with E-state index in [-0.39, 0.29) is 11.9 Å². The summed E-state index contributed by atoms with van der Waals surface area (Å²) < 4.78 is 0. The van der Waals surface area contributed by atoms with Gasteiger partial charge in [-0.25, -0.2) is 4.98 Å². The van der Waals surface area contributed by atoms with E-state index in [0.29, 0.717) is 6.42 Å². The molecule has 2 rings (SSSR count). The number of carbonyl (C=O) groups is 1. The smallest absolute Gasteiger partial charge is 0.226 e. The van der Waals surface area contributed by atoms with Crippen molar-refractivity contribution in [1.29, 1.82) is 0 Å². The lowest BCUT2D eigenvalue weighted by atomic mass is 10.2. The van der Waals surface area contributed by atoms with Crippen LogP contribution in [-0.4, -0.2) is 16.9 Å². The number of aromatic nitrogens is 1. The van der Waals surface area contributed by atoms with Gasteiger partial charge in [-0.3, -0.25) is 4.79 Å². The molecule has 0 saturated carbocycles. The molecule has 2 heterocycles. The molecule has 0 bridgehead atoms. The number of nitrogens with zero attached hydrogens (tertiary/aromatic N) is 1. The Morgan fingerprint density at radius 2 is 2.32 bits per heavy atom. The van der Waals surface area contributed by atoms with E-state index in [1.165, 1.54) is 0 Å². The van der Waals surface area contributed by atoms with E-state index in [1.807, 2.05) is 23.8 Å². The maximum Gasteiger partial charge on any atom is 0.226 e. The van der Waals surface area contributed by atoms with Crippen molar-refractivity contribution in [2.24, 2.45) is 0 Å². The Bertz CT molecular complexity index is 519. The van der Waals surface area contributed by atoms with Gasteiger partial charge in [-0.05, 0) is 24.8 Å². The highest BCUT2D eigenvalue weighted by atomic mass is 32.1. The third kappa shape index (κ3) is 4.14. The van der Waals surface area contributed by atoms with E-state index in [2.05, 4.69) is 23.3 Å². The van der Waals surface area contributed by atoms with Gasteiger partial charge in [-0.1, -0.05) is 19.4 Å². The summed E-state index contributed by atoms with van der Waals surface area (Å²) in [6, 6.07) is 4.31. The first kappa shape index (κ1) is 14.2. The van der Waals surface area contributed by atoms with Crippen LogP contribution in [0.3, 0.4) is 0 Å². The summed E-state index contributed by atoms with van der Waals surface area (Å²) in [6.45, 7) is 4.16. The van der Waals surface area contributed by atoms with Crippen LogP contribution in [-0.2, 0) is 11.2 Å². The summed E-state index contributed by atoms with van der Waals surface area (Å²) in [5.74, 6) is 0.0592. The zero-order valence-electron chi connectivity index (χ0n) is 11.2. The number of hydrogen-bond acceptors (Lipinski definition) is 4. The van der Waals surface area contributed by atoms with E-state index in [1.54, 1.807) is 22.7 Å². The van der Waals surface area contributed by atoms with E-state index < -0.39 is 0 Å². The van der Waals surface area contributed by atoms with Crippen molar-refractivity contribution in [2.45, 2.75) is 39.2 Å². The number of amides is 1. The van der Waals surface area contributed by atoms with Crippen molar-refractivity contribution in [2.75, 3.05) is 0 Å². The average molecular weight is 294 g/mol. The van der Waals surface area contributed by atoms with E-state index in [4.69, 9.17) is 0 Å². The molecule has 0 unspecified atom stereocenters. The lowest BCUT2D eigenvalue weighted by Gasteiger charge is -2.11. The fourth-order valence-electron chi connectivity index (χ4n) is 1.90. The molecule has 0 saturated heterocycles. The van der Waals surface area contributed by atoms with Crippen LogP contribution in [0, 0.1) is 0 Å². The molecule has 19 heavy (non-hydrogen) atoms. The first-order valence-electron chi connectivity index (χ1n) is 6.46. The Balaban J connectivity index is 1.91. The third-order valence-electron chi connectivity index (χ3n) is 2.75. The van der Waals surface area contributed by atoms with Gasteiger partial charge in [0, 0.05) is 11.4 Å². The lowest BCUT2D eigenvalue weighted by molar-refractivity contribution is -0.121. The molecule has 1 N–H and O–H groups in total. The average Bonchev–Trinajstić information content (AvgIpc) is 2.98. The maximum atomic E-state index is 11.8. The second-order valence-electron chi connectivity index (χ2n) is 4.56. The molecule has 0 aliphatic rings. The topological polar surface area (TPSA) is 42.0 Å². The largest absolute Gasteiger partial charge is 0.353 e. The molecular weight excluding hydrogens is 276 g/mol. The Morgan fingerprint density at radius 3 is 3.00 bits per heavy atom. The van der Waals surface area contributed by atoms with Crippen LogP contribution in [0.15, 0.2) is 22.9 Å². The molecule has 3 nitrogen and oxygen atoms in total. The molecule has 0 spiro atoms. The van der Waals surface area contributed by atoms with Gasteiger partial charge in [0.05, 0.1) is 17.0 Å². The SMILES string of the molecule is CCC[C@@H](C)NC(=O)Cc1csc(-c2cccs2)n1. The summed E-state index contributed by atoms with van der Waals surface area (Å²) in [7, 11) is 0. The van der Waals surface area contributed by atoms with Gasteiger partial charge in [0.1, 0.15) is 5.01 Å². The van der Waals surface area contributed by atoms with Crippen LogP contribution in [0.25, 0.3) is 9.88 Å². The summed E-state index contributed by atoms with van der Waals surface area (Å²) in [4.78, 5) is 17.5. The molecule has 2 aromatic rings. The normalized spacial score (nSPS) is 12.3. The predicted octanol–water partition coefficient (Wildman–Crippen LogP) is 3.72. The zero-order valence-corrected chi connectivity index (χ0v) is 12.8. The monoisotopic (exact) mass is 294 g/mol. The standard InChI is InChI=1S/C14H18N2OS2/c1-3-5-10(2)15-13(17)8-11-9-19-14(16-11)12-6-4-7-18-12/h4,6-7,9-10H,3,5,8H2,1-2H3,(H,15,17)/t10-/m1/s1. The van der Waals surface area contributed by atoms with Crippen LogP contribution in [0.5, 0.6) is 0 Å². The molecule has 1 atom stereocenters. The van der Waals surface area contributed by atoms with Crippen molar-refractivity contribution in [3.8, 4) is 9.88 Å². The Labute approximate surface area is 121 Å². The molecular formula is C14H18N2OS2. The minimum absolute atomic E-state index is 0.0592. The molecule has 0 aliphatic carbocycles. The molecule has 2 aromatic heterocycles. The number of carbonyl (C=O) groups excluding carboxylic acids is 1. The van der Waals surface area contributed by atoms with Gasteiger partial charge in [0.15, 0.2) is 0 Å². The van der Waals surface area contributed by atoms with Crippen molar-refractivity contribution in [3.63, 3.8) is 0 Å². The summed E-state index contributed by atoms with van der Waals surface area (Å²) >= 11 is 3.27. The zero-order chi connectivity index (χ0) is 13.7. The summed E-state index contributed by atoms with van der Waals surface area (Å²) in [6.07, 6.45) is 2.47. The number of hydrogen-bond donors (Lipinski definition) is 1. The molecule has 0 aliphatic heterocycles. The number of rotatable bonds is 6. The van der Waals surface area contributed by atoms with Gasteiger partial charge >= 0.3 is 0 Å². The highest BCUT2D eigenvalue weighted by Gasteiger charge is 2.11. The minimum Gasteiger partial charge on any atom is -0.353 e. The van der Waals surface area contributed by atoms with Gasteiger partial charge in [-0.2, -0.15) is 0 Å². The maximum absolute atomic E-state index is 11.8. The van der Waals surface area contributed by atoms with Crippen molar-refractivity contribution in [3.05, 3.63) is 28.6 Å². The molecule has 102 valence electrons. The van der Waals surface area contributed by atoms with Crippen LogP contribution >= 0.6 is 22.7 Å². The van der Waals surface area contributed by atoms with Crippen LogP contribution < -0.4 is 5.32 Å². The first-order chi connectivity index (χ1) is 9.19. The van der Waals surface area contributed by atoms with Crippen molar-refractivity contribution < 1.29 is 4.79 Å². The quantitative estimate of drug-likeness (QED) is 0.882. The Hall–Kier alpha value is -1.20. The third-order valence-corrected chi connectivity index (χ3v) is 4.68. The van der Waals surface area contributed by atoms with Gasteiger partial charge in [0.25, 0.3) is 0 Å². The lowest BCUT2D eigenvalue weighted by Crippen LogP contribution is -2.33. The van der Waals surface area contributed by atoms with Crippen molar-refractivity contribution >= 4 is 28.6 Å². The number of thiazole rings is 1. The number of nitrogens with one attached hydrogen (secondary N) is 1. The second-order valence-corrected chi connectivity index (χ2v) is 6.36. The van der Waals surface area contributed by atoms with E-state index in [9.17, 15) is 4.79 Å². The highest BCUT2D eigenvalue weighted by Crippen LogP contribution is 2.27. The fourth-order valence-corrected chi connectivity index (χ4v) is 3.53. The Kier molecular flexibility index (Phi) is 5.10. The molecule has 0 radical (unpaired) electrons. The first-order valence-corrected chi connectivity index (χ1v) is 8.22. The number of thiophene rings is 1. The predicted molar refractivity (Wildman–Crippen MR) is 81.6 cm³/mol. The Morgan fingerprint density at radius 1 is 1.47 bits per heavy atom. The fraction of sp³-hybridized carbons (Fsp3) is 0.429. The summed E-state index contributed by atoms with van der Waals surface area (Å²) in [5, 5.41) is 8.01. The van der Waals surface area contributed by atoms with Gasteiger partial charge in [0.2, 0.25) is 5.91 Å². The highest BCUT2D eigenvalue weighted by molar-refractivity contribution is 7.20. The summed E-state index contributed by atoms with van der Waals surface area (Å²) in [5.41, 5.74) is 0.856. The van der Waals surface area contributed by atoms with Crippen LogP contribution in [0.1, 0.15) is 32.4 Å². The second kappa shape index (κ2) is 6.82. The minimum atomic E-state index is 0.0592. The van der Waals surface area contributed by atoms with Gasteiger partial charge in [-0.15, -0.1) is 22.7 Å². The molecule has 0 aromatic carbocycles.